The van der Waals surface area contributed by atoms with Crippen molar-refractivity contribution in [3.05, 3.63) is 69.8 Å². The molecule has 8 heteroatoms. The predicted octanol–water partition coefficient (Wildman–Crippen LogP) is 2.41. The van der Waals surface area contributed by atoms with Crippen LogP contribution in [0.1, 0.15) is 22.8 Å². The smallest absolute Gasteiger partial charge is 0.271 e. The van der Waals surface area contributed by atoms with Crippen LogP contribution in [0, 0.1) is 10.1 Å². The molecule has 0 spiro atoms. The van der Waals surface area contributed by atoms with Gasteiger partial charge in [0.1, 0.15) is 0 Å². The van der Waals surface area contributed by atoms with Gasteiger partial charge < -0.3 is 10.6 Å². The quantitative estimate of drug-likeness (QED) is 0.575. The Kier molecular flexibility index (Phi) is 6.62. The number of rotatable bonds is 7. The van der Waals surface area contributed by atoms with E-state index in [0.717, 1.165) is 5.56 Å². The Morgan fingerprint density at radius 2 is 1.85 bits per heavy atom. The van der Waals surface area contributed by atoms with Crippen LogP contribution in [0.25, 0.3) is 0 Å². The average Bonchev–Trinajstić information content (AvgIpc) is 2.67. The molecule has 8 nitrogen and oxygen atoms in total. The first-order chi connectivity index (χ1) is 12.8. The predicted molar refractivity (Wildman–Crippen MR) is 102 cm³/mol. The molecular weight excluding hydrogens is 348 g/mol. The molecule has 2 amide bonds. The molecule has 0 radical (unpaired) electrons. The van der Waals surface area contributed by atoms with Gasteiger partial charge in [-0.3, -0.25) is 24.6 Å². The van der Waals surface area contributed by atoms with Crippen LogP contribution < -0.4 is 10.6 Å². The molecule has 0 aromatic heterocycles. The fourth-order valence-electron chi connectivity index (χ4n) is 2.47. The average molecular weight is 370 g/mol. The lowest BCUT2D eigenvalue weighted by Gasteiger charge is -2.24. The van der Waals surface area contributed by atoms with Crippen LogP contribution in [0.4, 0.5) is 11.4 Å². The van der Waals surface area contributed by atoms with Gasteiger partial charge in [-0.15, -0.1) is 0 Å². The van der Waals surface area contributed by atoms with E-state index < -0.39 is 11.0 Å². The number of carbonyl (C=O) groups excluding carboxylic acids is 2. The summed E-state index contributed by atoms with van der Waals surface area (Å²) in [5.74, 6) is -0.417. The fraction of sp³-hybridized carbons (Fsp3) is 0.263. The van der Waals surface area contributed by atoms with Gasteiger partial charge in [0.25, 0.3) is 11.6 Å². The molecule has 0 aliphatic rings. The second kappa shape index (κ2) is 8.91. The van der Waals surface area contributed by atoms with Gasteiger partial charge in [-0.2, -0.15) is 0 Å². The number of carbonyl (C=O) groups is 2. The third kappa shape index (κ3) is 5.35. The van der Waals surface area contributed by atoms with Crippen molar-refractivity contribution in [2.24, 2.45) is 0 Å². The number of nitro benzene ring substituents is 1. The van der Waals surface area contributed by atoms with Crippen LogP contribution in [-0.4, -0.2) is 41.8 Å². The number of amides is 2. The molecule has 27 heavy (non-hydrogen) atoms. The third-order valence-electron chi connectivity index (χ3n) is 4.24. The van der Waals surface area contributed by atoms with Gasteiger partial charge in [-0.25, -0.2) is 0 Å². The van der Waals surface area contributed by atoms with E-state index in [1.807, 2.05) is 24.1 Å². The second-order valence-electron chi connectivity index (χ2n) is 6.16. The molecule has 1 unspecified atom stereocenters. The molecule has 2 aromatic carbocycles. The monoisotopic (exact) mass is 370 g/mol. The number of benzene rings is 2. The summed E-state index contributed by atoms with van der Waals surface area (Å²) in [4.78, 5) is 36.2. The Morgan fingerprint density at radius 3 is 2.44 bits per heavy atom. The van der Waals surface area contributed by atoms with Crippen LogP contribution in [0.5, 0.6) is 0 Å². The van der Waals surface area contributed by atoms with Crippen molar-refractivity contribution in [3.63, 3.8) is 0 Å². The van der Waals surface area contributed by atoms with Crippen molar-refractivity contribution < 1.29 is 14.5 Å². The molecule has 0 saturated carbocycles. The summed E-state index contributed by atoms with van der Waals surface area (Å²) in [6.45, 7) is 2.27. The summed E-state index contributed by atoms with van der Waals surface area (Å²) < 4.78 is 0. The SMILES string of the molecule is CNC(=O)c1ccc(CN(C)C(C)C(=O)Nc2cccc([N+](=O)[O-])c2)cc1. The van der Waals surface area contributed by atoms with Crippen LogP contribution in [-0.2, 0) is 11.3 Å². The van der Waals surface area contributed by atoms with E-state index in [1.54, 1.807) is 32.2 Å². The van der Waals surface area contributed by atoms with Crippen LogP contribution in [0.15, 0.2) is 48.5 Å². The summed E-state index contributed by atoms with van der Waals surface area (Å²) in [7, 11) is 3.38. The van der Waals surface area contributed by atoms with Crippen LogP contribution in [0.2, 0.25) is 0 Å². The first kappa shape index (κ1) is 20.1. The lowest BCUT2D eigenvalue weighted by Crippen LogP contribution is -2.39. The summed E-state index contributed by atoms with van der Waals surface area (Å²) >= 11 is 0. The maximum atomic E-state index is 12.4. The summed E-state index contributed by atoms with van der Waals surface area (Å²) in [6.07, 6.45) is 0. The first-order valence-corrected chi connectivity index (χ1v) is 8.38. The van der Waals surface area contributed by atoms with Gasteiger partial charge in [0.2, 0.25) is 5.91 Å². The molecule has 1 atom stereocenters. The lowest BCUT2D eigenvalue weighted by atomic mass is 10.1. The largest absolute Gasteiger partial charge is 0.355 e. The lowest BCUT2D eigenvalue weighted by molar-refractivity contribution is -0.384. The van der Waals surface area contributed by atoms with Crippen molar-refractivity contribution in [3.8, 4) is 0 Å². The van der Waals surface area contributed by atoms with Crippen LogP contribution in [0.3, 0.4) is 0 Å². The van der Waals surface area contributed by atoms with Crippen molar-refractivity contribution in [2.45, 2.75) is 19.5 Å². The van der Waals surface area contributed by atoms with Gasteiger partial charge in [0, 0.05) is 37.0 Å². The summed E-state index contributed by atoms with van der Waals surface area (Å²) in [6, 6.07) is 12.5. The number of anilines is 1. The zero-order valence-corrected chi connectivity index (χ0v) is 15.4. The standard InChI is InChI=1S/C19H22N4O4/c1-13(18(24)21-16-5-4-6-17(11-16)23(26)27)22(3)12-14-7-9-15(10-8-14)19(25)20-2/h4-11,13H,12H2,1-3H3,(H,20,25)(H,21,24). The Balaban J connectivity index is 1.98. The number of hydrogen-bond donors (Lipinski definition) is 2. The zero-order valence-electron chi connectivity index (χ0n) is 15.4. The van der Waals surface area contributed by atoms with Gasteiger partial charge in [0.05, 0.1) is 11.0 Å². The van der Waals surface area contributed by atoms with Gasteiger partial charge >= 0.3 is 0 Å². The van der Waals surface area contributed by atoms with Crippen molar-refractivity contribution in [1.29, 1.82) is 0 Å². The Hall–Kier alpha value is -3.26. The van der Waals surface area contributed by atoms with E-state index in [0.29, 0.717) is 17.8 Å². The number of nitrogens with one attached hydrogen (secondary N) is 2. The normalized spacial score (nSPS) is 11.7. The molecule has 2 N–H and O–H groups in total. The van der Waals surface area contributed by atoms with Gasteiger partial charge in [-0.1, -0.05) is 18.2 Å². The second-order valence-corrected chi connectivity index (χ2v) is 6.16. The minimum atomic E-state index is -0.506. The number of nitrogens with zero attached hydrogens (tertiary/aromatic N) is 2. The van der Waals surface area contributed by atoms with Crippen molar-refractivity contribution >= 4 is 23.2 Å². The van der Waals surface area contributed by atoms with Crippen molar-refractivity contribution in [2.75, 3.05) is 19.4 Å². The minimum Gasteiger partial charge on any atom is -0.355 e. The number of hydrogen-bond acceptors (Lipinski definition) is 5. The molecule has 0 heterocycles. The topological polar surface area (TPSA) is 105 Å². The van der Waals surface area contributed by atoms with E-state index in [1.165, 1.54) is 18.2 Å². The Morgan fingerprint density at radius 1 is 1.19 bits per heavy atom. The molecule has 0 aliphatic carbocycles. The van der Waals surface area contributed by atoms with E-state index in [-0.39, 0.29) is 17.5 Å². The van der Waals surface area contributed by atoms with E-state index in [9.17, 15) is 19.7 Å². The Labute approximate surface area is 157 Å². The molecule has 0 aliphatic heterocycles. The number of non-ortho nitro benzene ring substituents is 1. The van der Waals surface area contributed by atoms with Gasteiger partial charge in [-0.05, 0) is 37.7 Å². The molecular formula is C19H22N4O4. The molecule has 2 aromatic rings. The third-order valence-corrected chi connectivity index (χ3v) is 4.24. The Bertz CT molecular complexity index is 836. The first-order valence-electron chi connectivity index (χ1n) is 8.38. The molecule has 0 bridgehead atoms. The van der Waals surface area contributed by atoms with E-state index in [4.69, 9.17) is 0 Å². The highest BCUT2D eigenvalue weighted by Gasteiger charge is 2.19. The maximum absolute atomic E-state index is 12.4. The molecule has 0 saturated heterocycles. The highest BCUT2D eigenvalue weighted by atomic mass is 16.6. The van der Waals surface area contributed by atoms with Crippen molar-refractivity contribution in [1.82, 2.24) is 10.2 Å². The summed E-state index contributed by atoms with van der Waals surface area (Å²) in [5.41, 5.74) is 1.83. The van der Waals surface area contributed by atoms with E-state index in [2.05, 4.69) is 10.6 Å². The summed E-state index contributed by atoms with van der Waals surface area (Å²) in [5, 5.41) is 16.1. The number of nitro groups is 1. The van der Waals surface area contributed by atoms with E-state index >= 15 is 0 Å². The minimum absolute atomic E-state index is 0.0787. The maximum Gasteiger partial charge on any atom is 0.271 e. The highest BCUT2D eigenvalue weighted by molar-refractivity contribution is 5.95. The van der Waals surface area contributed by atoms with Gasteiger partial charge in [0.15, 0.2) is 0 Å². The number of likely N-dealkylation sites (N-methyl/N-ethyl adjacent to an activating group) is 1. The molecule has 0 fully saturated rings. The molecule has 142 valence electrons. The fourth-order valence-corrected chi connectivity index (χ4v) is 2.47. The zero-order chi connectivity index (χ0) is 20.0. The molecule has 2 rings (SSSR count). The highest BCUT2D eigenvalue weighted by Crippen LogP contribution is 2.18. The van der Waals surface area contributed by atoms with Crippen LogP contribution >= 0.6 is 0 Å².